The number of nitrogens with one attached hydrogen (secondary N) is 1. The van der Waals surface area contributed by atoms with Crippen LogP contribution in [-0.2, 0) is 11.3 Å². The summed E-state index contributed by atoms with van der Waals surface area (Å²) in [5.74, 6) is 0.0209. The van der Waals surface area contributed by atoms with Crippen LogP contribution >= 0.6 is 0 Å². The Labute approximate surface area is 128 Å². The van der Waals surface area contributed by atoms with Crippen molar-refractivity contribution in [2.24, 2.45) is 0 Å². The Morgan fingerprint density at radius 1 is 1.38 bits per heavy atom. The molecule has 0 spiro atoms. The number of hydrogen-bond acceptors (Lipinski definition) is 3. The highest BCUT2D eigenvalue weighted by Gasteiger charge is 2.38. The first-order chi connectivity index (χ1) is 9.53. The molecule has 2 N–H and O–H groups in total. The molecule has 1 rings (SSSR count). The van der Waals surface area contributed by atoms with Crippen LogP contribution < -0.4 is 9.74 Å². The minimum atomic E-state index is -1.85. The van der Waals surface area contributed by atoms with Crippen LogP contribution in [0.15, 0.2) is 24.3 Å². The molecule has 0 aliphatic carbocycles. The third-order valence-corrected chi connectivity index (χ3v) is 8.42. The first-order valence-electron chi connectivity index (χ1n) is 7.27. The topological polar surface area (TPSA) is 58.6 Å². The van der Waals surface area contributed by atoms with Gasteiger partial charge in [-0.25, -0.2) is 0 Å². The van der Waals surface area contributed by atoms with Crippen molar-refractivity contribution in [3.8, 4) is 5.75 Å². The predicted octanol–water partition coefficient (Wildman–Crippen LogP) is 3.63. The smallest absolute Gasteiger partial charge is 0.320 e. The molecule has 118 valence electrons. The van der Waals surface area contributed by atoms with Gasteiger partial charge < -0.3 is 14.8 Å². The molecule has 0 saturated heterocycles. The van der Waals surface area contributed by atoms with Gasteiger partial charge in [0, 0.05) is 6.54 Å². The maximum atomic E-state index is 10.8. The zero-order valence-electron chi connectivity index (χ0n) is 13.9. The molecule has 0 aliphatic heterocycles. The van der Waals surface area contributed by atoms with Crippen molar-refractivity contribution in [3.05, 3.63) is 29.8 Å². The maximum Gasteiger partial charge on any atom is 0.320 e. The van der Waals surface area contributed by atoms with Crippen molar-refractivity contribution < 1.29 is 14.3 Å². The molecule has 1 atom stereocenters. The van der Waals surface area contributed by atoms with Crippen molar-refractivity contribution in [1.29, 1.82) is 0 Å². The summed E-state index contributed by atoms with van der Waals surface area (Å²) in [5.41, 5.74) is 1.03. The first-order valence-corrected chi connectivity index (χ1v) is 10.2. The van der Waals surface area contributed by atoms with Gasteiger partial charge in [0.05, 0.1) is 0 Å². The molecule has 4 nitrogen and oxygen atoms in total. The Balaban J connectivity index is 2.75. The maximum absolute atomic E-state index is 10.8. The van der Waals surface area contributed by atoms with E-state index in [1.807, 2.05) is 24.3 Å². The standard InChI is InChI=1S/C16H27NO3Si/c1-12(15(18)19)17-11-13-8-7-9-14(10-13)20-21(5,6)16(2,3)4/h7-10,12,17H,11H2,1-6H3,(H,18,19). The molecular formula is C16H27NO3Si. The third-order valence-electron chi connectivity index (χ3n) is 4.06. The van der Waals surface area contributed by atoms with Crippen LogP contribution in [0.5, 0.6) is 5.75 Å². The van der Waals surface area contributed by atoms with Gasteiger partial charge in [-0.2, -0.15) is 0 Å². The summed E-state index contributed by atoms with van der Waals surface area (Å²) in [6.45, 7) is 13.2. The molecule has 0 bridgehead atoms. The number of carboxylic acids is 1. The Kier molecular flexibility index (Phi) is 5.59. The second-order valence-corrected chi connectivity index (χ2v) is 11.7. The Bertz CT molecular complexity index is 495. The SMILES string of the molecule is CC(NCc1cccc(O[Si](C)(C)C(C)(C)C)c1)C(=O)O. The van der Waals surface area contributed by atoms with Crippen LogP contribution in [0.25, 0.3) is 0 Å². The molecule has 0 saturated carbocycles. The van der Waals surface area contributed by atoms with E-state index >= 15 is 0 Å². The van der Waals surface area contributed by atoms with Crippen LogP contribution in [-0.4, -0.2) is 25.4 Å². The number of carbonyl (C=O) groups is 1. The van der Waals surface area contributed by atoms with Gasteiger partial charge in [-0.15, -0.1) is 0 Å². The fourth-order valence-corrected chi connectivity index (χ4v) is 2.55. The van der Waals surface area contributed by atoms with Gasteiger partial charge >= 0.3 is 5.97 Å². The van der Waals surface area contributed by atoms with Crippen LogP contribution in [0.4, 0.5) is 0 Å². The van der Waals surface area contributed by atoms with Crippen molar-refractivity contribution in [2.45, 2.75) is 58.4 Å². The number of aliphatic carboxylic acids is 1. The summed E-state index contributed by atoms with van der Waals surface area (Å²) < 4.78 is 6.26. The highest BCUT2D eigenvalue weighted by atomic mass is 28.4. The molecular weight excluding hydrogens is 282 g/mol. The van der Waals surface area contributed by atoms with Gasteiger partial charge in [0.15, 0.2) is 0 Å². The first kappa shape index (κ1) is 17.7. The van der Waals surface area contributed by atoms with E-state index in [-0.39, 0.29) is 5.04 Å². The number of benzene rings is 1. The van der Waals surface area contributed by atoms with Crippen molar-refractivity contribution in [3.63, 3.8) is 0 Å². The fourth-order valence-electron chi connectivity index (χ4n) is 1.52. The quantitative estimate of drug-likeness (QED) is 0.788. The lowest BCUT2D eigenvalue weighted by molar-refractivity contribution is -0.139. The highest BCUT2D eigenvalue weighted by Crippen LogP contribution is 2.37. The molecule has 0 fully saturated rings. The minimum absolute atomic E-state index is 0.152. The summed E-state index contributed by atoms with van der Waals surface area (Å²) in [5, 5.41) is 12.0. The molecule has 5 heteroatoms. The molecule has 0 amide bonds. The molecule has 21 heavy (non-hydrogen) atoms. The van der Waals surface area contributed by atoms with E-state index in [9.17, 15) is 4.79 Å². The van der Waals surface area contributed by atoms with E-state index in [4.69, 9.17) is 9.53 Å². The van der Waals surface area contributed by atoms with Crippen LogP contribution in [0.1, 0.15) is 33.3 Å². The van der Waals surface area contributed by atoms with Crippen LogP contribution in [0.2, 0.25) is 18.1 Å². The third kappa shape index (κ3) is 5.17. The lowest BCUT2D eigenvalue weighted by atomic mass is 10.2. The van der Waals surface area contributed by atoms with E-state index in [0.717, 1.165) is 11.3 Å². The summed E-state index contributed by atoms with van der Waals surface area (Å²) in [4.78, 5) is 10.8. The molecule has 0 heterocycles. The normalized spacial score (nSPS) is 13.8. The van der Waals surface area contributed by atoms with Crippen molar-refractivity contribution >= 4 is 14.3 Å². The predicted molar refractivity (Wildman–Crippen MR) is 88.2 cm³/mol. The van der Waals surface area contributed by atoms with Gasteiger partial charge in [-0.1, -0.05) is 32.9 Å². The summed E-state index contributed by atoms with van der Waals surface area (Å²) in [6.07, 6.45) is 0. The average Bonchev–Trinajstić information content (AvgIpc) is 2.34. The summed E-state index contributed by atoms with van der Waals surface area (Å²) >= 11 is 0. The zero-order chi connectivity index (χ0) is 16.3. The van der Waals surface area contributed by atoms with E-state index in [2.05, 4.69) is 39.2 Å². The Morgan fingerprint density at radius 3 is 2.52 bits per heavy atom. The van der Waals surface area contributed by atoms with Gasteiger partial charge in [-0.05, 0) is 42.8 Å². The minimum Gasteiger partial charge on any atom is -0.543 e. The van der Waals surface area contributed by atoms with E-state index in [1.54, 1.807) is 6.92 Å². The van der Waals surface area contributed by atoms with Gasteiger partial charge in [0.1, 0.15) is 11.8 Å². The molecule has 1 unspecified atom stereocenters. The lowest BCUT2D eigenvalue weighted by Gasteiger charge is -2.36. The monoisotopic (exact) mass is 309 g/mol. The largest absolute Gasteiger partial charge is 0.543 e. The average molecular weight is 309 g/mol. The molecule has 1 aromatic carbocycles. The lowest BCUT2D eigenvalue weighted by Crippen LogP contribution is -2.43. The molecule has 0 radical (unpaired) electrons. The molecule has 0 aromatic heterocycles. The summed E-state index contributed by atoms with van der Waals surface area (Å²) in [7, 11) is -1.85. The second-order valence-electron chi connectivity index (χ2n) is 6.95. The molecule has 0 aliphatic rings. The zero-order valence-corrected chi connectivity index (χ0v) is 14.9. The number of hydrogen-bond donors (Lipinski definition) is 2. The Morgan fingerprint density at radius 2 is 2.00 bits per heavy atom. The number of rotatable bonds is 6. The highest BCUT2D eigenvalue weighted by molar-refractivity contribution is 6.74. The van der Waals surface area contributed by atoms with Crippen LogP contribution in [0.3, 0.4) is 0 Å². The fraction of sp³-hybridized carbons (Fsp3) is 0.562. The number of carboxylic acid groups (broad SMARTS) is 1. The van der Waals surface area contributed by atoms with Gasteiger partial charge in [0.25, 0.3) is 0 Å². The summed E-state index contributed by atoms with van der Waals surface area (Å²) in [6, 6.07) is 7.31. The molecule has 1 aromatic rings. The van der Waals surface area contributed by atoms with E-state index in [0.29, 0.717) is 6.54 Å². The van der Waals surface area contributed by atoms with Crippen LogP contribution in [0, 0.1) is 0 Å². The van der Waals surface area contributed by atoms with Crippen molar-refractivity contribution in [1.82, 2.24) is 5.32 Å². The van der Waals surface area contributed by atoms with Crippen molar-refractivity contribution in [2.75, 3.05) is 0 Å². The second kappa shape index (κ2) is 6.62. The van der Waals surface area contributed by atoms with Gasteiger partial charge in [0.2, 0.25) is 8.32 Å². The van der Waals surface area contributed by atoms with E-state index in [1.165, 1.54) is 0 Å². The van der Waals surface area contributed by atoms with Gasteiger partial charge in [-0.3, -0.25) is 4.79 Å². The van der Waals surface area contributed by atoms with E-state index < -0.39 is 20.3 Å². The Hall–Kier alpha value is -1.33.